The molecule has 0 aromatic rings. The summed E-state index contributed by atoms with van der Waals surface area (Å²) in [7, 11) is -10.4. The van der Waals surface area contributed by atoms with E-state index in [-0.39, 0.29) is 0 Å². The molecule has 0 spiro atoms. The second-order valence-corrected chi connectivity index (χ2v) is 5.03. The van der Waals surface area contributed by atoms with Crippen LogP contribution in [0.4, 0.5) is 3.89 Å². The normalized spacial score (nSPS) is 15.8. The lowest BCUT2D eigenvalue weighted by Gasteiger charge is -2.05. The Labute approximate surface area is 70.1 Å². The van der Waals surface area contributed by atoms with Crippen LogP contribution in [0, 0.1) is 0 Å². The predicted molar refractivity (Wildman–Crippen MR) is 34.1 cm³/mol. The SMILES string of the molecule is O=S([O-])NS(=O)(=O)NS(=O)(=O)F. The minimum absolute atomic E-state index is 0.400. The van der Waals surface area contributed by atoms with E-state index in [1.807, 2.05) is 0 Å². The van der Waals surface area contributed by atoms with E-state index in [0.29, 0.717) is 4.13 Å². The van der Waals surface area contributed by atoms with E-state index in [2.05, 4.69) is 0 Å². The Morgan fingerprint density at radius 3 is 1.92 bits per heavy atom. The molecule has 0 aromatic heterocycles. The largest absolute Gasteiger partial charge is 0.759 e. The van der Waals surface area contributed by atoms with Gasteiger partial charge < -0.3 is 4.55 Å². The molecule has 0 saturated heterocycles. The van der Waals surface area contributed by atoms with Gasteiger partial charge in [-0.25, -0.2) is 0 Å². The van der Waals surface area contributed by atoms with Crippen molar-refractivity contribution in [3.63, 3.8) is 0 Å². The van der Waals surface area contributed by atoms with Crippen molar-refractivity contribution in [2.45, 2.75) is 0 Å². The summed E-state index contributed by atoms with van der Waals surface area (Å²) in [6.45, 7) is 0. The van der Waals surface area contributed by atoms with E-state index in [4.69, 9.17) is 0 Å². The first-order valence-corrected chi connectivity index (χ1v) is 5.91. The Bertz CT molecular complexity index is 364. The maximum absolute atomic E-state index is 11.6. The Kier molecular flexibility index (Phi) is 3.67. The van der Waals surface area contributed by atoms with Gasteiger partial charge in [0.2, 0.25) is 0 Å². The molecule has 8 nitrogen and oxygen atoms in total. The third kappa shape index (κ3) is 6.56. The average molecular weight is 241 g/mol. The van der Waals surface area contributed by atoms with E-state index in [0.717, 1.165) is 4.13 Å². The minimum atomic E-state index is -5.50. The first-order valence-electron chi connectivity index (χ1n) is 1.97. The van der Waals surface area contributed by atoms with Gasteiger partial charge in [-0.1, -0.05) is 8.01 Å². The average Bonchev–Trinajstić information content (AvgIpc) is 1.48. The van der Waals surface area contributed by atoms with Crippen LogP contribution in [0.5, 0.6) is 0 Å². The zero-order chi connectivity index (χ0) is 9.99. The van der Waals surface area contributed by atoms with E-state index in [1.165, 1.54) is 0 Å². The quantitative estimate of drug-likeness (QED) is 0.410. The van der Waals surface area contributed by atoms with Gasteiger partial charge in [0.15, 0.2) is 0 Å². The van der Waals surface area contributed by atoms with Gasteiger partial charge in [-0.15, -0.1) is 4.13 Å². The van der Waals surface area contributed by atoms with Crippen LogP contribution in [-0.2, 0) is 31.9 Å². The summed E-state index contributed by atoms with van der Waals surface area (Å²) in [5.41, 5.74) is 0. The van der Waals surface area contributed by atoms with Crippen LogP contribution in [0.25, 0.3) is 0 Å². The highest BCUT2D eigenvalue weighted by atomic mass is 32.3. The van der Waals surface area contributed by atoms with Crippen molar-refractivity contribution in [2.75, 3.05) is 0 Å². The van der Waals surface area contributed by atoms with Crippen LogP contribution in [0.1, 0.15) is 0 Å². The molecule has 0 aliphatic carbocycles. The lowest BCUT2D eigenvalue weighted by Crippen LogP contribution is -2.39. The molecule has 1 unspecified atom stereocenters. The van der Waals surface area contributed by atoms with Gasteiger partial charge in [0, 0.05) is 11.3 Å². The van der Waals surface area contributed by atoms with Crippen LogP contribution in [-0.4, -0.2) is 25.6 Å². The summed E-state index contributed by atoms with van der Waals surface area (Å²) in [5.74, 6) is 0. The highest BCUT2D eigenvalue weighted by Gasteiger charge is 2.18. The summed E-state index contributed by atoms with van der Waals surface area (Å²) in [6.07, 6.45) is 0. The maximum Gasteiger partial charge on any atom is 0.386 e. The highest BCUT2D eigenvalue weighted by molar-refractivity contribution is 8.06. The second kappa shape index (κ2) is 3.71. The predicted octanol–water partition coefficient (Wildman–Crippen LogP) is -2.58. The second-order valence-electron chi connectivity index (χ2n) is 1.34. The summed E-state index contributed by atoms with van der Waals surface area (Å²) in [5, 5.41) is 0. The van der Waals surface area contributed by atoms with Gasteiger partial charge in [-0.3, -0.25) is 4.21 Å². The van der Waals surface area contributed by atoms with Crippen molar-refractivity contribution in [2.24, 2.45) is 0 Å². The van der Waals surface area contributed by atoms with Gasteiger partial charge in [0.1, 0.15) is 0 Å². The summed E-state index contributed by atoms with van der Waals surface area (Å²) in [4.78, 5) is 0. The molecular formula is H2FN2O6S3-. The molecule has 0 saturated carbocycles. The Balaban J connectivity index is 4.58. The molecule has 0 radical (unpaired) electrons. The third-order valence-corrected chi connectivity index (χ3v) is 3.48. The molecule has 74 valence electrons. The molecule has 0 fully saturated rings. The summed E-state index contributed by atoms with van der Waals surface area (Å²) >= 11 is -3.25. The summed E-state index contributed by atoms with van der Waals surface area (Å²) in [6, 6.07) is 0. The molecule has 2 N–H and O–H groups in total. The fourth-order valence-corrected chi connectivity index (χ4v) is 2.44. The minimum Gasteiger partial charge on any atom is -0.759 e. The number of halogens is 1. The maximum atomic E-state index is 11.6. The summed E-state index contributed by atoms with van der Waals surface area (Å²) < 4.78 is 71.7. The molecule has 1 atom stereocenters. The van der Waals surface area contributed by atoms with Crippen LogP contribution in [0.3, 0.4) is 0 Å². The number of nitrogens with one attached hydrogen (secondary N) is 2. The van der Waals surface area contributed by atoms with Crippen molar-refractivity contribution in [1.29, 1.82) is 0 Å². The van der Waals surface area contributed by atoms with E-state index in [1.54, 1.807) is 0 Å². The monoisotopic (exact) mass is 241 g/mol. The zero-order valence-corrected chi connectivity index (χ0v) is 7.50. The molecule has 0 amide bonds. The zero-order valence-electron chi connectivity index (χ0n) is 5.05. The Hall–Kier alpha value is -0.140. The smallest absolute Gasteiger partial charge is 0.386 e. The van der Waals surface area contributed by atoms with Crippen molar-refractivity contribution in [1.82, 2.24) is 8.25 Å². The molecule has 0 aromatic carbocycles. The van der Waals surface area contributed by atoms with Crippen LogP contribution < -0.4 is 8.25 Å². The first kappa shape index (κ1) is 11.9. The molecule has 0 aliphatic heterocycles. The van der Waals surface area contributed by atoms with E-state index < -0.39 is 31.9 Å². The van der Waals surface area contributed by atoms with Gasteiger partial charge in [0.05, 0.1) is 0 Å². The Morgan fingerprint density at radius 2 is 1.67 bits per heavy atom. The molecular weight excluding hydrogens is 239 g/mol. The van der Waals surface area contributed by atoms with Crippen LogP contribution >= 0.6 is 0 Å². The third-order valence-electron chi connectivity index (χ3n) is 0.387. The highest BCUT2D eigenvalue weighted by Crippen LogP contribution is 1.87. The van der Waals surface area contributed by atoms with Crippen molar-refractivity contribution < 1.29 is 29.5 Å². The molecule has 0 aliphatic rings. The van der Waals surface area contributed by atoms with Crippen molar-refractivity contribution >= 4 is 31.9 Å². The molecule has 12 heteroatoms. The molecule has 0 heterocycles. The van der Waals surface area contributed by atoms with Crippen LogP contribution in [0.2, 0.25) is 0 Å². The fraction of sp³-hybridized carbons (Fsp3) is 0. The van der Waals surface area contributed by atoms with Crippen molar-refractivity contribution in [3.8, 4) is 0 Å². The van der Waals surface area contributed by atoms with Gasteiger partial charge in [-0.05, 0) is 0 Å². The van der Waals surface area contributed by atoms with E-state index >= 15 is 0 Å². The molecule has 0 bridgehead atoms. The lowest BCUT2D eigenvalue weighted by molar-refractivity contribution is 0.527. The first-order chi connectivity index (χ1) is 5.12. The number of hydrogen-bond donors (Lipinski definition) is 2. The topological polar surface area (TPSA) is 132 Å². The molecule has 12 heavy (non-hydrogen) atoms. The van der Waals surface area contributed by atoms with Crippen molar-refractivity contribution in [3.05, 3.63) is 0 Å². The van der Waals surface area contributed by atoms with Gasteiger partial charge in [0.25, 0.3) is 0 Å². The Morgan fingerprint density at radius 1 is 1.25 bits per heavy atom. The fourth-order valence-electron chi connectivity index (χ4n) is 0.238. The molecule has 0 rings (SSSR count). The van der Waals surface area contributed by atoms with E-state index in [9.17, 15) is 29.5 Å². The lowest BCUT2D eigenvalue weighted by atomic mass is 13.8. The number of rotatable bonds is 4. The standard InChI is InChI=1S/FH3N2O6S3/c1-11(6,7)3-12(8,9)2-10(4)5/h2-3H,(H,4,5)/p-1. The van der Waals surface area contributed by atoms with Crippen LogP contribution in [0.15, 0.2) is 0 Å². The van der Waals surface area contributed by atoms with Gasteiger partial charge in [-0.2, -0.15) is 16.8 Å². The van der Waals surface area contributed by atoms with Gasteiger partial charge >= 0.3 is 20.6 Å². The number of hydrogen-bond acceptors (Lipinski definition) is 6.